The summed E-state index contributed by atoms with van der Waals surface area (Å²) < 4.78 is 1.54. The van der Waals surface area contributed by atoms with Crippen molar-refractivity contribution in [1.29, 1.82) is 0 Å². The zero-order valence-electron chi connectivity index (χ0n) is 14.9. The number of carbonyl (C=O) groups is 3. The van der Waals surface area contributed by atoms with Crippen molar-refractivity contribution in [2.45, 2.75) is 25.9 Å². The van der Waals surface area contributed by atoms with Gasteiger partial charge in [0.15, 0.2) is 0 Å². The monoisotopic (exact) mass is 407 g/mol. The van der Waals surface area contributed by atoms with Crippen LogP contribution in [0.2, 0.25) is 5.02 Å². The molecule has 4 rings (SSSR count). The summed E-state index contributed by atoms with van der Waals surface area (Å²) in [5.74, 6) is -0.419. The predicted octanol–water partition coefficient (Wildman–Crippen LogP) is 1.77. The summed E-state index contributed by atoms with van der Waals surface area (Å²) in [5, 5.41) is 8.00. The quantitative estimate of drug-likeness (QED) is 0.821. The van der Waals surface area contributed by atoms with Crippen molar-refractivity contribution in [2.24, 2.45) is 0 Å². The summed E-state index contributed by atoms with van der Waals surface area (Å²) in [4.78, 5) is 41.6. The molecule has 8 nitrogen and oxygen atoms in total. The largest absolute Gasteiger partial charge is 0.335 e. The molecule has 0 radical (unpaired) electrons. The minimum absolute atomic E-state index is 0.0452. The van der Waals surface area contributed by atoms with Gasteiger partial charge in [0.25, 0.3) is 5.91 Å². The third-order valence-electron chi connectivity index (χ3n) is 4.89. The Morgan fingerprint density at radius 3 is 2.85 bits per heavy atom. The highest BCUT2D eigenvalue weighted by Crippen LogP contribution is 2.39. The van der Waals surface area contributed by atoms with Crippen LogP contribution in [0.3, 0.4) is 0 Å². The molecule has 0 spiro atoms. The number of hydrogen-bond donors (Lipinski definition) is 1. The average molecular weight is 408 g/mol. The lowest BCUT2D eigenvalue weighted by Gasteiger charge is -2.29. The summed E-state index contributed by atoms with van der Waals surface area (Å²) in [6.45, 7) is 2.75. The second-order valence-electron chi connectivity index (χ2n) is 6.74. The number of halogens is 1. The van der Waals surface area contributed by atoms with Gasteiger partial charge in [0, 0.05) is 24.7 Å². The molecule has 27 heavy (non-hydrogen) atoms. The van der Waals surface area contributed by atoms with Crippen molar-refractivity contribution in [3.05, 3.63) is 33.4 Å². The number of anilines is 1. The van der Waals surface area contributed by atoms with Gasteiger partial charge in [-0.3, -0.25) is 19.1 Å². The molecule has 3 amide bonds. The minimum Gasteiger partial charge on any atom is -0.335 e. The lowest BCUT2D eigenvalue weighted by Crippen LogP contribution is -2.40. The van der Waals surface area contributed by atoms with Gasteiger partial charge < -0.3 is 15.1 Å². The number of fused-ring (bicyclic) bond motifs is 3. The molecule has 2 aromatic rings. The summed E-state index contributed by atoms with van der Waals surface area (Å²) in [6.07, 6.45) is 3.70. The molecule has 4 heterocycles. The van der Waals surface area contributed by atoms with E-state index in [9.17, 15) is 14.4 Å². The summed E-state index contributed by atoms with van der Waals surface area (Å²) in [6, 6.07) is -0.468. The van der Waals surface area contributed by atoms with Crippen LogP contribution in [0, 0.1) is 0 Å². The van der Waals surface area contributed by atoms with Crippen LogP contribution in [0.15, 0.2) is 12.4 Å². The normalized spacial score (nSPS) is 17.9. The van der Waals surface area contributed by atoms with Crippen LogP contribution in [-0.4, -0.2) is 57.4 Å². The van der Waals surface area contributed by atoms with E-state index in [4.69, 9.17) is 11.6 Å². The molecular weight excluding hydrogens is 390 g/mol. The highest BCUT2D eigenvalue weighted by atomic mass is 35.5. The Labute approximate surface area is 164 Å². The Hall–Kier alpha value is -2.39. The zero-order valence-corrected chi connectivity index (χ0v) is 16.4. The van der Waals surface area contributed by atoms with Crippen molar-refractivity contribution in [1.82, 2.24) is 19.6 Å². The minimum atomic E-state index is -0.468. The number of likely N-dealkylation sites (N-methyl/N-ethyl adjacent to an activating group) is 1. The molecule has 1 N–H and O–H groups in total. The molecule has 2 aliphatic heterocycles. The lowest BCUT2D eigenvalue weighted by molar-refractivity contribution is -0.135. The Bertz CT molecular complexity index is 953. The molecule has 0 fully saturated rings. The Kier molecular flexibility index (Phi) is 4.43. The molecule has 142 valence electrons. The molecule has 2 aromatic heterocycles. The Morgan fingerprint density at radius 1 is 1.37 bits per heavy atom. The summed E-state index contributed by atoms with van der Waals surface area (Å²) >= 11 is 7.27. The highest BCUT2D eigenvalue weighted by Gasteiger charge is 2.34. The van der Waals surface area contributed by atoms with Crippen molar-refractivity contribution in [3.8, 4) is 0 Å². The number of amides is 3. The first kappa shape index (κ1) is 18.0. The number of aromatic nitrogens is 2. The van der Waals surface area contributed by atoms with Crippen LogP contribution in [0.4, 0.5) is 5.00 Å². The first-order valence-corrected chi connectivity index (χ1v) is 9.73. The second kappa shape index (κ2) is 6.65. The van der Waals surface area contributed by atoms with Crippen LogP contribution in [-0.2, 0) is 22.6 Å². The smallest absolute Gasteiger partial charge is 0.257 e. The third kappa shape index (κ3) is 3.10. The fourth-order valence-corrected chi connectivity index (χ4v) is 4.87. The summed E-state index contributed by atoms with van der Waals surface area (Å²) in [5.41, 5.74) is 1.51. The Balaban J connectivity index is 1.59. The average Bonchev–Trinajstić information content (AvgIpc) is 3.19. The number of hydrogen-bond acceptors (Lipinski definition) is 5. The van der Waals surface area contributed by atoms with Gasteiger partial charge in [-0.05, 0) is 18.9 Å². The van der Waals surface area contributed by atoms with Gasteiger partial charge >= 0.3 is 0 Å². The topological polar surface area (TPSA) is 87.5 Å². The number of nitrogens with zero attached hydrogens (tertiary/aromatic N) is 4. The van der Waals surface area contributed by atoms with E-state index in [1.54, 1.807) is 29.7 Å². The van der Waals surface area contributed by atoms with Crippen LogP contribution >= 0.6 is 22.9 Å². The van der Waals surface area contributed by atoms with E-state index >= 15 is 0 Å². The van der Waals surface area contributed by atoms with Gasteiger partial charge in [-0.1, -0.05) is 11.6 Å². The number of nitrogens with one attached hydrogen (secondary N) is 1. The van der Waals surface area contributed by atoms with Gasteiger partial charge in [0.2, 0.25) is 11.8 Å². The van der Waals surface area contributed by atoms with E-state index in [-0.39, 0.29) is 24.3 Å². The van der Waals surface area contributed by atoms with Crippen LogP contribution in [0.25, 0.3) is 0 Å². The maximum atomic E-state index is 12.9. The van der Waals surface area contributed by atoms with Crippen molar-refractivity contribution < 1.29 is 14.4 Å². The lowest BCUT2D eigenvalue weighted by atomic mass is 10.0. The standard InChI is InChI=1S/C17H18ClN5O3S/c1-9(23-6-10(18)5-19-23)16(25)22-4-3-11-12(7-22)27-15-14(11)17(26)21(2)8-13(24)20-15/h5-6,9H,3-4,7-8H2,1-2H3,(H,20,24). The predicted molar refractivity (Wildman–Crippen MR) is 101 cm³/mol. The first-order chi connectivity index (χ1) is 12.8. The molecule has 0 bridgehead atoms. The van der Waals surface area contributed by atoms with E-state index in [2.05, 4.69) is 10.4 Å². The van der Waals surface area contributed by atoms with Gasteiger partial charge in [0.1, 0.15) is 11.0 Å². The molecule has 1 atom stereocenters. The van der Waals surface area contributed by atoms with Crippen LogP contribution in [0.5, 0.6) is 0 Å². The van der Waals surface area contributed by atoms with Crippen molar-refractivity contribution in [2.75, 3.05) is 25.5 Å². The first-order valence-electron chi connectivity index (χ1n) is 8.53. The third-order valence-corrected chi connectivity index (χ3v) is 6.21. The molecule has 0 saturated carbocycles. The second-order valence-corrected chi connectivity index (χ2v) is 8.28. The highest BCUT2D eigenvalue weighted by molar-refractivity contribution is 7.17. The molecular formula is C17H18ClN5O3S. The maximum absolute atomic E-state index is 12.9. The number of rotatable bonds is 2. The van der Waals surface area contributed by atoms with E-state index in [0.29, 0.717) is 35.1 Å². The van der Waals surface area contributed by atoms with Crippen molar-refractivity contribution in [3.63, 3.8) is 0 Å². The number of thiophene rings is 1. The van der Waals surface area contributed by atoms with Gasteiger partial charge in [-0.25, -0.2) is 0 Å². The SMILES string of the molecule is CC(C(=O)N1CCc2c(sc3c2C(=O)N(C)CC(=O)N3)C1)n1cc(Cl)cn1. The van der Waals surface area contributed by atoms with E-state index in [1.807, 2.05) is 0 Å². The maximum Gasteiger partial charge on any atom is 0.257 e. The molecule has 2 aliphatic rings. The Morgan fingerprint density at radius 2 is 2.15 bits per heavy atom. The molecule has 1 unspecified atom stereocenters. The molecule has 0 saturated heterocycles. The summed E-state index contributed by atoms with van der Waals surface area (Å²) in [7, 11) is 1.62. The van der Waals surface area contributed by atoms with Crippen LogP contribution in [0.1, 0.15) is 33.8 Å². The van der Waals surface area contributed by atoms with E-state index in [0.717, 1.165) is 10.4 Å². The van der Waals surface area contributed by atoms with Gasteiger partial charge in [-0.2, -0.15) is 5.10 Å². The molecule has 0 aromatic carbocycles. The fourth-order valence-electron chi connectivity index (χ4n) is 3.45. The van der Waals surface area contributed by atoms with E-state index < -0.39 is 6.04 Å². The van der Waals surface area contributed by atoms with Crippen LogP contribution < -0.4 is 5.32 Å². The molecule has 10 heteroatoms. The van der Waals surface area contributed by atoms with Crippen molar-refractivity contribution >= 4 is 45.7 Å². The zero-order chi connectivity index (χ0) is 19.3. The number of carbonyl (C=O) groups excluding carboxylic acids is 3. The fraction of sp³-hybridized carbons (Fsp3) is 0.412. The van der Waals surface area contributed by atoms with Gasteiger partial charge in [0.05, 0.1) is 29.9 Å². The molecule has 0 aliphatic carbocycles. The van der Waals surface area contributed by atoms with E-state index in [1.165, 1.54) is 22.4 Å². The van der Waals surface area contributed by atoms with Gasteiger partial charge in [-0.15, -0.1) is 11.3 Å².